The lowest BCUT2D eigenvalue weighted by Gasteiger charge is -2.23. The van der Waals surface area contributed by atoms with Gasteiger partial charge in [0.25, 0.3) is 0 Å². The summed E-state index contributed by atoms with van der Waals surface area (Å²) < 4.78 is 13.2. The number of nitrogens with one attached hydrogen (secondary N) is 1. The van der Waals surface area contributed by atoms with Gasteiger partial charge in [-0.3, -0.25) is 0 Å². The Kier molecular flexibility index (Phi) is 5.38. The molecule has 0 aromatic heterocycles. The first-order chi connectivity index (χ1) is 10.0. The second-order valence-electron chi connectivity index (χ2n) is 5.36. The highest BCUT2D eigenvalue weighted by Crippen LogP contribution is 2.28. The van der Waals surface area contributed by atoms with Crippen LogP contribution in [0.15, 0.2) is 36.4 Å². The van der Waals surface area contributed by atoms with E-state index in [0.717, 1.165) is 18.5 Å². The Balaban J connectivity index is 2.35. The zero-order valence-electron chi connectivity index (χ0n) is 12.7. The standard InChI is InChI=1S/C18H21ClFN/c1-4-21-17(18-12(2)6-5-7-13(18)3)10-14-8-9-15(20)11-16(14)19/h5-9,11,17,21H,4,10H2,1-3H3. The minimum Gasteiger partial charge on any atom is -0.310 e. The maximum Gasteiger partial charge on any atom is 0.124 e. The van der Waals surface area contributed by atoms with Crippen LogP contribution >= 0.6 is 11.6 Å². The predicted molar refractivity (Wildman–Crippen MR) is 87.4 cm³/mol. The summed E-state index contributed by atoms with van der Waals surface area (Å²) in [4.78, 5) is 0. The molecule has 0 amide bonds. The molecule has 2 rings (SSSR count). The molecule has 0 aliphatic heterocycles. The SMILES string of the molecule is CCNC(Cc1ccc(F)cc1Cl)c1c(C)cccc1C. The van der Waals surface area contributed by atoms with Crippen molar-refractivity contribution in [1.82, 2.24) is 5.32 Å². The van der Waals surface area contributed by atoms with Crippen molar-refractivity contribution >= 4 is 11.6 Å². The Labute approximate surface area is 131 Å². The van der Waals surface area contributed by atoms with Gasteiger partial charge in [-0.1, -0.05) is 42.8 Å². The van der Waals surface area contributed by atoms with Crippen LogP contribution in [-0.4, -0.2) is 6.54 Å². The van der Waals surface area contributed by atoms with Gasteiger partial charge in [0.2, 0.25) is 0 Å². The second kappa shape index (κ2) is 7.06. The van der Waals surface area contributed by atoms with Gasteiger partial charge in [0.05, 0.1) is 0 Å². The van der Waals surface area contributed by atoms with Crippen LogP contribution in [0.2, 0.25) is 5.02 Å². The molecule has 2 aromatic rings. The molecule has 0 radical (unpaired) electrons. The molecule has 1 atom stereocenters. The highest BCUT2D eigenvalue weighted by molar-refractivity contribution is 6.31. The average molecular weight is 306 g/mol. The minimum atomic E-state index is -0.296. The van der Waals surface area contributed by atoms with Crippen LogP contribution in [0, 0.1) is 19.7 Å². The van der Waals surface area contributed by atoms with E-state index < -0.39 is 0 Å². The topological polar surface area (TPSA) is 12.0 Å². The van der Waals surface area contributed by atoms with Crippen LogP contribution in [0.5, 0.6) is 0 Å². The molecular formula is C18H21ClFN. The van der Waals surface area contributed by atoms with Gasteiger partial charge >= 0.3 is 0 Å². The first-order valence-corrected chi connectivity index (χ1v) is 7.64. The monoisotopic (exact) mass is 305 g/mol. The lowest BCUT2D eigenvalue weighted by molar-refractivity contribution is 0.544. The van der Waals surface area contributed by atoms with Gasteiger partial charge < -0.3 is 5.32 Å². The molecule has 1 nitrogen and oxygen atoms in total. The van der Waals surface area contributed by atoms with Gasteiger partial charge in [0.1, 0.15) is 5.82 Å². The van der Waals surface area contributed by atoms with Crippen LogP contribution in [-0.2, 0) is 6.42 Å². The van der Waals surface area contributed by atoms with Crippen LogP contribution in [0.1, 0.15) is 35.2 Å². The Hall–Kier alpha value is -1.38. The van der Waals surface area contributed by atoms with Gasteiger partial charge in [-0.25, -0.2) is 4.39 Å². The van der Waals surface area contributed by atoms with Crippen molar-refractivity contribution in [2.45, 2.75) is 33.2 Å². The summed E-state index contributed by atoms with van der Waals surface area (Å²) >= 11 is 6.17. The Morgan fingerprint density at radius 1 is 1.14 bits per heavy atom. The van der Waals surface area contributed by atoms with E-state index in [2.05, 4.69) is 44.3 Å². The Bertz CT molecular complexity index is 604. The van der Waals surface area contributed by atoms with E-state index in [0.29, 0.717) is 5.02 Å². The summed E-state index contributed by atoms with van der Waals surface area (Å²) in [7, 11) is 0. The molecule has 0 saturated heterocycles. The molecule has 0 bridgehead atoms. The quantitative estimate of drug-likeness (QED) is 0.820. The van der Waals surface area contributed by atoms with Gasteiger partial charge in [-0.2, -0.15) is 0 Å². The van der Waals surface area contributed by atoms with Crippen molar-refractivity contribution in [1.29, 1.82) is 0 Å². The van der Waals surface area contributed by atoms with Crippen LogP contribution in [0.25, 0.3) is 0 Å². The van der Waals surface area contributed by atoms with E-state index in [-0.39, 0.29) is 11.9 Å². The first kappa shape index (κ1) is 16.0. The number of rotatable bonds is 5. The Morgan fingerprint density at radius 3 is 2.38 bits per heavy atom. The Morgan fingerprint density at radius 2 is 1.81 bits per heavy atom. The summed E-state index contributed by atoms with van der Waals surface area (Å²) in [5, 5.41) is 4.01. The molecule has 2 aromatic carbocycles. The second-order valence-corrected chi connectivity index (χ2v) is 5.76. The van der Waals surface area contributed by atoms with Crippen LogP contribution in [0.3, 0.4) is 0 Å². The van der Waals surface area contributed by atoms with Crippen molar-refractivity contribution in [2.24, 2.45) is 0 Å². The highest BCUT2D eigenvalue weighted by atomic mass is 35.5. The molecule has 112 valence electrons. The normalized spacial score (nSPS) is 12.4. The zero-order chi connectivity index (χ0) is 15.4. The largest absolute Gasteiger partial charge is 0.310 e. The van der Waals surface area contributed by atoms with Crippen molar-refractivity contribution in [2.75, 3.05) is 6.54 Å². The van der Waals surface area contributed by atoms with E-state index in [4.69, 9.17) is 11.6 Å². The van der Waals surface area contributed by atoms with E-state index in [9.17, 15) is 4.39 Å². The molecule has 21 heavy (non-hydrogen) atoms. The van der Waals surface area contributed by atoms with E-state index >= 15 is 0 Å². The van der Waals surface area contributed by atoms with Gasteiger partial charge in [0, 0.05) is 11.1 Å². The number of likely N-dealkylation sites (N-methyl/N-ethyl adjacent to an activating group) is 1. The van der Waals surface area contributed by atoms with Gasteiger partial charge in [-0.15, -0.1) is 0 Å². The third-order valence-electron chi connectivity index (χ3n) is 3.78. The lowest BCUT2D eigenvalue weighted by Crippen LogP contribution is -2.24. The average Bonchev–Trinajstić information content (AvgIpc) is 2.41. The van der Waals surface area contributed by atoms with Gasteiger partial charge in [0.15, 0.2) is 0 Å². The fraction of sp³-hybridized carbons (Fsp3) is 0.333. The van der Waals surface area contributed by atoms with Crippen molar-refractivity contribution < 1.29 is 4.39 Å². The third kappa shape index (κ3) is 3.84. The molecule has 3 heteroatoms. The zero-order valence-corrected chi connectivity index (χ0v) is 13.5. The number of aryl methyl sites for hydroxylation is 2. The smallest absolute Gasteiger partial charge is 0.124 e. The fourth-order valence-electron chi connectivity index (χ4n) is 2.81. The molecule has 0 spiro atoms. The predicted octanol–water partition coefficient (Wildman–Crippen LogP) is 4.99. The number of hydrogen-bond acceptors (Lipinski definition) is 1. The molecule has 0 aliphatic carbocycles. The van der Waals surface area contributed by atoms with Gasteiger partial charge in [-0.05, 0) is 61.2 Å². The van der Waals surface area contributed by atoms with Crippen LogP contribution < -0.4 is 5.32 Å². The fourth-order valence-corrected chi connectivity index (χ4v) is 3.05. The summed E-state index contributed by atoms with van der Waals surface area (Å²) in [5.41, 5.74) is 4.80. The van der Waals surface area contributed by atoms with Crippen molar-refractivity contribution in [3.63, 3.8) is 0 Å². The molecule has 1 N–H and O–H groups in total. The van der Waals surface area contributed by atoms with E-state index in [1.807, 2.05) is 0 Å². The summed E-state index contributed by atoms with van der Waals surface area (Å²) in [5.74, 6) is -0.296. The van der Waals surface area contributed by atoms with Crippen LogP contribution in [0.4, 0.5) is 4.39 Å². The number of benzene rings is 2. The maximum absolute atomic E-state index is 13.2. The molecule has 0 heterocycles. The summed E-state index contributed by atoms with van der Waals surface area (Å²) in [6.45, 7) is 7.21. The summed E-state index contributed by atoms with van der Waals surface area (Å²) in [6, 6.07) is 11.1. The summed E-state index contributed by atoms with van der Waals surface area (Å²) in [6.07, 6.45) is 0.749. The van der Waals surface area contributed by atoms with Crippen molar-refractivity contribution in [3.8, 4) is 0 Å². The number of hydrogen-bond donors (Lipinski definition) is 1. The molecule has 0 aliphatic rings. The van der Waals surface area contributed by atoms with E-state index in [1.165, 1.54) is 28.8 Å². The minimum absolute atomic E-state index is 0.180. The van der Waals surface area contributed by atoms with E-state index in [1.54, 1.807) is 6.07 Å². The first-order valence-electron chi connectivity index (χ1n) is 7.26. The molecule has 0 saturated carbocycles. The maximum atomic E-state index is 13.2. The number of halogens is 2. The lowest BCUT2D eigenvalue weighted by atomic mass is 9.91. The molecule has 0 fully saturated rings. The third-order valence-corrected chi connectivity index (χ3v) is 4.13. The van der Waals surface area contributed by atoms with Crippen molar-refractivity contribution in [3.05, 3.63) is 69.5 Å². The molecular weight excluding hydrogens is 285 g/mol. The highest BCUT2D eigenvalue weighted by Gasteiger charge is 2.17. The molecule has 1 unspecified atom stereocenters.